The Labute approximate surface area is 181 Å². The number of ether oxygens (including phenoxy) is 2. The summed E-state index contributed by atoms with van der Waals surface area (Å²) in [6.07, 6.45) is 0. The SMILES string of the molecule is COc1cc(Br)cc(CNC(C)c2ccccc2)c1OCc1ccccc1.Cl. The van der Waals surface area contributed by atoms with Crippen LogP contribution in [0.5, 0.6) is 11.5 Å². The van der Waals surface area contributed by atoms with Gasteiger partial charge in [0.15, 0.2) is 11.5 Å². The Morgan fingerprint density at radius 2 is 1.61 bits per heavy atom. The van der Waals surface area contributed by atoms with E-state index in [1.165, 1.54) is 5.56 Å². The van der Waals surface area contributed by atoms with E-state index in [0.29, 0.717) is 13.2 Å². The Hall–Kier alpha value is -2.01. The summed E-state index contributed by atoms with van der Waals surface area (Å²) >= 11 is 3.57. The van der Waals surface area contributed by atoms with Crippen molar-refractivity contribution in [2.24, 2.45) is 0 Å². The van der Waals surface area contributed by atoms with Crippen LogP contribution in [-0.2, 0) is 13.2 Å². The molecule has 3 aromatic rings. The van der Waals surface area contributed by atoms with E-state index in [2.05, 4.69) is 70.6 Å². The summed E-state index contributed by atoms with van der Waals surface area (Å²) in [5.74, 6) is 1.50. The van der Waals surface area contributed by atoms with E-state index in [9.17, 15) is 0 Å². The van der Waals surface area contributed by atoms with Crippen molar-refractivity contribution in [3.05, 3.63) is 94.0 Å². The Morgan fingerprint density at radius 3 is 2.25 bits per heavy atom. The fourth-order valence-corrected chi connectivity index (χ4v) is 3.41. The smallest absolute Gasteiger partial charge is 0.166 e. The van der Waals surface area contributed by atoms with E-state index < -0.39 is 0 Å². The van der Waals surface area contributed by atoms with Gasteiger partial charge < -0.3 is 14.8 Å². The van der Waals surface area contributed by atoms with Crippen LogP contribution in [0.2, 0.25) is 0 Å². The van der Waals surface area contributed by atoms with E-state index in [0.717, 1.165) is 27.1 Å². The molecule has 148 valence electrons. The average molecular weight is 463 g/mol. The zero-order chi connectivity index (χ0) is 19.1. The molecule has 0 fully saturated rings. The van der Waals surface area contributed by atoms with Crippen LogP contribution in [0.3, 0.4) is 0 Å². The first-order chi connectivity index (χ1) is 13.2. The molecule has 0 bridgehead atoms. The normalized spacial score (nSPS) is 11.4. The Morgan fingerprint density at radius 1 is 0.964 bits per heavy atom. The van der Waals surface area contributed by atoms with Crippen LogP contribution in [0.4, 0.5) is 0 Å². The molecule has 0 amide bonds. The molecule has 28 heavy (non-hydrogen) atoms. The number of hydrogen-bond donors (Lipinski definition) is 1. The molecule has 0 saturated heterocycles. The number of benzene rings is 3. The fraction of sp³-hybridized carbons (Fsp3) is 0.217. The first kappa shape index (κ1) is 22.3. The summed E-state index contributed by atoms with van der Waals surface area (Å²) in [6, 6.07) is 24.8. The van der Waals surface area contributed by atoms with Crippen molar-refractivity contribution in [3.8, 4) is 11.5 Å². The average Bonchev–Trinajstić information content (AvgIpc) is 2.72. The maximum Gasteiger partial charge on any atom is 0.166 e. The van der Waals surface area contributed by atoms with Crippen molar-refractivity contribution in [1.82, 2.24) is 5.32 Å². The lowest BCUT2D eigenvalue weighted by Gasteiger charge is -2.19. The largest absolute Gasteiger partial charge is 0.493 e. The van der Waals surface area contributed by atoms with E-state index in [1.54, 1.807) is 7.11 Å². The topological polar surface area (TPSA) is 30.5 Å². The third-order valence-electron chi connectivity index (χ3n) is 4.44. The zero-order valence-corrected chi connectivity index (χ0v) is 18.4. The molecule has 5 heteroatoms. The Kier molecular flexibility index (Phi) is 8.84. The first-order valence-corrected chi connectivity index (χ1v) is 9.78. The molecule has 3 rings (SSSR count). The maximum absolute atomic E-state index is 6.15. The molecule has 0 aliphatic rings. The molecule has 0 saturated carbocycles. The minimum absolute atomic E-state index is 0. The fourth-order valence-electron chi connectivity index (χ4n) is 2.92. The molecule has 0 aromatic heterocycles. The third-order valence-corrected chi connectivity index (χ3v) is 4.90. The van der Waals surface area contributed by atoms with Crippen LogP contribution in [0.1, 0.15) is 29.7 Å². The quantitative estimate of drug-likeness (QED) is 0.425. The highest BCUT2D eigenvalue weighted by Crippen LogP contribution is 2.35. The standard InChI is InChI=1S/C23H24BrNO2.ClH/c1-17(19-11-7-4-8-12-19)25-15-20-13-21(24)14-22(26-2)23(20)27-16-18-9-5-3-6-10-18;/h3-14,17,25H,15-16H2,1-2H3;1H. The van der Waals surface area contributed by atoms with Crippen LogP contribution in [-0.4, -0.2) is 7.11 Å². The third kappa shape index (κ3) is 5.99. The Balaban J connectivity index is 0.00000280. The molecule has 0 spiro atoms. The van der Waals surface area contributed by atoms with Crippen molar-refractivity contribution < 1.29 is 9.47 Å². The van der Waals surface area contributed by atoms with Gasteiger partial charge in [0, 0.05) is 22.6 Å². The minimum atomic E-state index is 0. The number of hydrogen-bond acceptors (Lipinski definition) is 3. The molecular formula is C23H25BrClNO2. The Bertz CT molecular complexity index is 859. The van der Waals surface area contributed by atoms with Gasteiger partial charge in [0.1, 0.15) is 6.61 Å². The van der Waals surface area contributed by atoms with E-state index in [1.807, 2.05) is 30.3 Å². The van der Waals surface area contributed by atoms with Crippen molar-refractivity contribution in [3.63, 3.8) is 0 Å². The summed E-state index contributed by atoms with van der Waals surface area (Å²) in [6.45, 7) is 3.34. The number of halogens is 2. The van der Waals surface area contributed by atoms with Crippen LogP contribution < -0.4 is 14.8 Å². The molecule has 1 N–H and O–H groups in total. The second-order valence-electron chi connectivity index (χ2n) is 6.38. The summed E-state index contributed by atoms with van der Waals surface area (Å²) in [5.41, 5.74) is 3.44. The molecule has 0 aliphatic carbocycles. The highest BCUT2D eigenvalue weighted by atomic mass is 79.9. The zero-order valence-electron chi connectivity index (χ0n) is 16.0. The van der Waals surface area contributed by atoms with Crippen LogP contribution in [0.25, 0.3) is 0 Å². The van der Waals surface area contributed by atoms with Crippen LogP contribution in [0.15, 0.2) is 77.3 Å². The molecule has 0 heterocycles. The lowest BCUT2D eigenvalue weighted by atomic mass is 10.1. The molecule has 0 radical (unpaired) electrons. The molecule has 1 atom stereocenters. The summed E-state index contributed by atoms with van der Waals surface area (Å²) in [5, 5.41) is 3.58. The molecule has 3 aromatic carbocycles. The van der Waals surface area contributed by atoms with Gasteiger partial charge in [0.2, 0.25) is 0 Å². The predicted octanol–water partition coefficient (Wildman–Crippen LogP) is 6.31. The van der Waals surface area contributed by atoms with Crippen molar-refractivity contribution in [1.29, 1.82) is 0 Å². The first-order valence-electron chi connectivity index (χ1n) is 8.99. The van der Waals surface area contributed by atoms with E-state index in [4.69, 9.17) is 9.47 Å². The van der Waals surface area contributed by atoms with Gasteiger partial charge in [-0.15, -0.1) is 12.4 Å². The van der Waals surface area contributed by atoms with Crippen molar-refractivity contribution in [2.45, 2.75) is 26.1 Å². The lowest BCUT2D eigenvalue weighted by Crippen LogP contribution is -2.18. The van der Waals surface area contributed by atoms with Gasteiger partial charge >= 0.3 is 0 Å². The summed E-state index contributed by atoms with van der Waals surface area (Å²) in [4.78, 5) is 0. The molecule has 1 unspecified atom stereocenters. The van der Waals surface area contributed by atoms with Crippen molar-refractivity contribution >= 4 is 28.3 Å². The van der Waals surface area contributed by atoms with Crippen LogP contribution >= 0.6 is 28.3 Å². The molecule has 0 aliphatic heterocycles. The predicted molar refractivity (Wildman–Crippen MR) is 120 cm³/mol. The highest BCUT2D eigenvalue weighted by molar-refractivity contribution is 9.10. The number of methoxy groups -OCH3 is 1. The second-order valence-corrected chi connectivity index (χ2v) is 7.30. The van der Waals surface area contributed by atoms with Gasteiger partial charge in [-0.3, -0.25) is 0 Å². The van der Waals surface area contributed by atoms with Gasteiger partial charge in [-0.2, -0.15) is 0 Å². The minimum Gasteiger partial charge on any atom is -0.493 e. The summed E-state index contributed by atoms with van der Waals surface area (Å²) in [7, 11) is 1.67. The van der Waals surface area contributed by atoms with Gasteiger partial charge in [-0.25, -0.2) is 0 Å². The highest BCUT2D eigenvalue weighted by Gasteiger charge is 2.14. The van der Waals surface area contributed by atoms with E-state index >= 15 is 0 Å². The lowest BCUT2D eigenvalue weighted by molar-refractivity contribution is 0.280. The van der Waals surface area contributed by atoms with E-state index in [-0.39, 0.29) is 18.4 Å². The molecule has 3 nitrogen and oxygen atoms in total. The number of rotatable bonds is 8. The molecular weight excluding hydrogens is 438 g/mol. The van der Waals surface area contributed by atoms with Crippen molar-refractivity contribution in [2.75, 3.05) is 7.11 Å². The monoisotopic (exact) mass is 461 g/mol. The van der Waals surface area contributed by atoms with Gasteiger partial charge in [-0.05, 0) is 30.2 Å². The second kappa shape index (κ2) is 11.1. The maximum atomic E-state index is 6.15. The van der Waals surface area contributed by atoms with Gasteiger partial charge in [0.25, 0.3) is 0 Å². The van der Waals surface area contributed by atoms with Gasteiger partial charge in [0.05, 0.1) is 7.11 Å². The van der Waals surface area contributed by atoms with Gasteiger partial charge in [-0.1, -0.05) is 76.6 Å². The number of nitrogens with one attached hydrogen (secondary N) is 1. The summed E-state index contributed by atoms with van der Waals surface area (Å²) < 4.78 is 12.7. The van der Waals surface area contributed by atoms with Crippen LogP contribution in [0, 0.1) is 0 Å².